The first-order valence-corrected chi connectivity index (χ1v) is 19.4. The van der Waals surface area contributed by atoms with Crippen molar-refractivity contribution in [3.63, 3.8) is 0 Å². The Morgan fingerprint density at radius 1 is 1.02 bits per heavy atom. The van der Waals surface area contributed by atoms with Crippen molar-refractivity contribution in [1.82, 2.24) is 19.9 Å². The number of nitrogens with zero attached hydrogens (tertiary/aromatic N) is 5. The van der Waals surface area contributed by atoms with Crippen LogP contribution in [-0.4, -0.2) is 108 Å². The topological polar surface area (TPSA) is 123 Å². The number of benzene rings is 2. The molecule has 11 nitrogen and oxygen atoms in total. The molecule has 2 aromatic heterocycles. The molecule has 2 saturated carbocycles. The first-order valence-electron chi connectivity index (χ1n) is 19.4. The number of hydrogen-bond acceptors (Lipinski definition) is 11. The molecule has 2 N–H and O–H groups in total. The number of halogens is 2. The number of fused-ring (bicyclic) bond motifs is 3. The summed E-state index contributed by atoms with van der Waals surface area (Å²) in [5.41, 5.74) is -1.38. The van der Waals surface area contributed by atoms with Crippen LogP contribution in [0.2, 0.25) is 0 Å². The fraction of sp³-hybridized carbons (Fsp3) is 0.548. The van der Waals surface area contributed by atoms with E-state index in [-0.39, 0.29) is 75.1 Å². The van der Waals surface area contributed by atoms with Gasteiger partial charge in [0, 0.05) is 41.6 Å². The Morgan fingerprint density at radius 3 is 2.62 bits per heavy atom. The van der Waals surface area contributed by atoms with Crippen LogP contribution in [0.3, 0.4) is 0 Å². The van der Waals surface area contributed by atoms with Crippen molar-refractivity contribution in [2.45, 2.75) is 76.0 Å². The van der Waals surface area contributed by atoms with Gasteiger partial charge in [0.05, 0.1) is 45.6 Å². The fourth-order valence-electron chi connectivity index (χ4n) is 10.4. The van der Waals surface area contributed by atoms with Crippen LogP contribution in [-0.2, 0) is 9.47 Å². The Balaban J connectivity index is 1.14. The Hall–Kier alpha value is -4.35. The molecule has 3 unspecified atom stereocenters. The number of aliphatic hydroxyl groups is 1. The number of hydrogen-bond donors (Lipinski definition) is 2. The van der Waals surface area contributed by atoms with Gasteiger partial charge in [-0.15, -0.1) is 6.42 Å². The van der Waals surface area contributed by atoms with E-state index in [1.165, 1.54) is 44.2 Å². The maximum absolute atomic E-state index is 17.3. The molecule has 2 aliphatic carbocycles. The molecule has 3 atom stereocenters. The average Bonchev–Trinajstić information content (AvgIpc) is 3.79. The number of ether oxygens (including phenoxy) is 4. The summed E-state index contributed by atoms with van der Waals surface area (Å²) in [6.07, 6.45) is 14.6. The van der Waals surface area contributed by atoms with Gasteiger partial charge in [-0.2, -0.15) is 9.97 Å². The van der Waals surface area contributed by atoms with Crippen LogP contribution in [0.1, 0.15) is 63.9 Å². The number of phenolic OH excluding ortho intramolecular Hbond substituents is 1. The van der Waals surface area contributed by atoms with Crippen LogP contribution in [0.25, 0.3) is 32.9 Å². The summed E-state index contributed by atoms with van der Waals surface area (Å²) in [6.45, 7) is 5.73. The van der Waals surface area contributed by atoms with Gasteiger partial charge in [-0.05, 0) is 87.4 Å². The van der Waals surface area contributed by atoms with Gasteiger partial charge in [-0.25, -0.2) is 13.8 Å². The van der Waals surface area contributed by atoms with E-state index in [2.05, 4.69) is 15.8 Å². The lowest BCUT2D eigenvalue weighted by atomic mass is 9.63. The van der Waals surface area contributed by atoms with Crippen molar-refractivity contribution in [1.29, 1.82) is 0 Å². The Kier molecular flexibility index (Phi) is 9.03. The Bertz CT molecular complexity index is 2200. The Labute approximate surface area is 318 Å². The van der Waals surface area contributed by atoms with Gasteiger partial charge in [-0.3, -0.25) is 4.90 Å². The summed E-state index contributed by atoms with van der Waals surface area (Å²) >= 11 is 0. The lowest BCUT2D eigenvalue weighted by molar-refractivity contribution is -0.0813. The third-order valence-corrected chi connectivity index (χ3v) is 12.9. The number of likely N-dealkylation sites (tertiary alicyclic amines) is 1. The van der Waals surface area contributed by atoms with Crippen LogP contribution >= 0.6 is 0 Å². The lowest BCUT2D eigenvalue weighted by Crippen LogP contribution is -2.60. The molecule has 2 aromatic carbocycles. The third-order valence-electron chi connectivity index (χ3n) is 12.9. The molecule has 3 saturated heterocycles. The van der Waals surface area contributed by atoms with E-state index < -0.39 is 17.2 Å². The first kappa shape index (κ1) is 36.3. The predicted octanol–water partition coefficient (Wildman–Crippen LogP) is 5.99. The molecule has 5 aliphatic rings. The van der Waals surface area contributed by atoms with Crippen molar-refractivity contribution < 1.29 is 37.9 Å². The number of β-amino-alcohol motifs (C(OH)–C–C–N with tert-alkyl or cyclic N) is 1. The van der Waals surface area contributed by atoms with Crippen molar-refractivity contribution in [3.8, 4) is 41.2 Å². The molecule has 55 heavy (non-hydrogen) atoms. The maximum Gasteiger partial charge on any atom is 0.319 e. The van der Waals surface area contributed by atoms with Crippen LogP contribution in [0.4, 0.5) is 14.6 Å². The van der Waals surface area contributed by atoms with E-state index in [0.717, 1.165) is 58.3 Å². The van der Waals surface area contributed by atoms with Crippen molar-refractivity contribution in [2.75, 3.05) is 64.7 Å². The highest BCUT2D eigenvalue weighted by atomic mass is 19.1. The van der Waals surface area contributed by atoms with Crippen molar-refractivity contribution >= 4 is 27.5 Å². The second-order valence-corrected chi connectivity index (χ2v) is 16.7. The van der Waals surface area contributed by atoms with E-state index in [9.17, 15) is 10.2 Å². The van der Waals surface area contributed by atoms with Crippen molar-refractivity contribution in [2.24, 2.45) is 10.8 Å². The van der Waals surface area contributed by atoms with Gasteiger partial charge in [-0.1, -0.05) is 18.4 Å². The molecule has 0 bridgehead atoms. The molecular formula is C42H47F2N5O6. The quantitative estimate of drug-likeness (QED) is 0.217. The highest BCUT2D eigenvalue weighted by Gasteiger charge is 2.55. The summed E-state index contributed by atoms with van der Waals surface area (Å²) in [5.74, 6) is 0.965. The molecule has 290 valence electrons. The standard InChI is InChI=1S/C42H47F2N5O6/c1-4-28-30(43)9-8-25-17-27(50)18-29(32(25)28)35-34(44)36-33(38(45-35)52-3)37(48-14-16-54-22-40(2,51)21-48)47-39(46-36)55-24-42-10-5-7-31(42)49(13-6-11-42)26-19-41(20-26)12-15-53-23-41/h1,8-9,17-18,26,31,50-51H,5-7,10-16,19-24H2,2-3H3. The molecule has 0 radical (unpaired) electrons. The van der Waals surface area contributed by atoms with Crippen LogP contribution < -0.4 is 14.4 Å². The zero-order valence-corrected chi connectivity index (χ0v) is 31.4. The number of aromatic hydroxyl groups is 1. The molecule has 9 rings (SSSR count). The third kappa shape index (κ3) is 6.22. The molecule has 4 aromatic rings. The minimum atomic E-state index is -1.24. The molecule has 13 heteroatoms. The lowest BCUT2D eigenvalue weighted by Gasteiger charge is -2.56. The van der Waals surface area contributed by atoms with Gasteiger partial charge >= 0.3 is 6.01 Å². The normalized spacial score (nSPS) is 29.6. The number of rotatable bonds is 7. The summed E-state index contributed by atoms with van der Waals surface area (Å²) in [5, 5.41) is 22.7. The second-order valence-electron chi connectivity index (χ2n) is 16.7. The van der Waals surface area contributed by atoms with E-state index in [0.29, 0.717) is 42.6 Å². The summed E-state index contributed by atoms with van der Waals surface area (Å²) in [4.78, 5) is 18.8. The largest absolute Gasteiger partial charge is 0.508 e. The van der Waals surface area contributed by atoms with Gasteiger partial charge in [0.25, 0.3) is 0 Å². The van der Waals surface area contributed by atoms with E-state index >= 15 is 8.78 Å². The van der Waals surface area contributed by atoms with Crippen LogP contribution in [0, 0.1) is 34.8 Å². The molecule has 5 fully saturated rings. The molecular weight excluding hydrogens is 708 g/mol. The Morgan fingerprint density at radius 2 is 1.84 bits per heavy atom. The number of anilines is 1. The highest BCUT2D eigenvalue weighted by Crippen LogP contribution is 2.55. The minimum absolute atomic E-state index is 0.00350. The van der Waals surface area contributed by atoms with Crippen LogP contribution in [0.5, 0.6) is 17.6 Å². The van der Waals surface area contributed by atoms with Crippen LogP contribution in [0.15, 0.2) is 24.3 Å². The SMILES string of the molecule is C#Cc1c(F)ccc2cc(O)cc(-c3nc(OC)c4c(N5CCOCC(C)(O)C5)nc(OCC56CCCC5N(C5CC7(CCOC7)C5)CCC6)nc4c3F)c12. The number of terminal acetylenes is 1. The van der Waals surface area contributed by atoms with Gasteiger partial charge in [0.2, 0.25) is 5.88 Å². The van der Waals surface area contributed by atoms with E-state index in [1.807, 2.05) is 4.90 Å². The summed E-state index contributed by atoms with van der Waals surface area (Å²) < 4.78 is 56.4. The second kappa shape index (κ2) is 13.7. The molecule has 0 amide bonds. The van der Waals surface area contributed by atoms with Gasteiger partial charge in [0.1, 0.15) is 39.6 Å². The number of pyridine rings is 1. The zero-order chi connectivity index (χ0) is 38.1. The van der Waals surface area contributed by atoms with Gasteiger partial charge < -0.3 is 34.1 Å². The average molecular weight is 756 g/mol. The van der Waals surface area contributed by atoms with Crippen molar-refractivity contribution in [3.05, 3.63) is 41.5 Å². The van der Waals surface area contributed by atoms with Gasteiger partial charge in [0.15, 0.2) is 5.82 Å². The maximum atomic E-state index is 17.3. The summed E-state index contributed by atoms with van der Waals surface area (Å²) in [7, 11) is 1.41. The molecule has 3 aliphatic heterocycles. The van der Waals surface area contributed by atoms with E-state index in [4.69, 9.17) is 35.3 Å². The molecule has 5 heterocycles. The summed E-state index contributed by atoms with van der Waals surface area (Å²) in [6, 6.07) is 6.34. The zero-order valence-electron chi connectivity index (χ0n) is 31.4. The molecule has 1 spiro atoms. The number of methoxy groups -OCH3 is 1. The smallest absolute Gasteiger partial charge is 0.319 e. The highest BCUT2D eigenvalue weighted by molar-refractivity contribution is 6.04. The first-order chi connectivity index (χ1) is 26.5. The monoisotopic (exact) mass is 755 g/mol. The van der Waals surface area contributed by atoms with E-state index in [1.54, 1.807) is 6.92 Å². The predicted molar refractivity (Wildman–Crippen MR) is 202 cm³/mol. The fourth-order valence-corrected chi connectivity index (χ4v) is 10.4. The number of piperidine rings is 1. The minimum Gasteiger partial charge on any atom is -0.508 e. The number of aromatic nitrogens is 3. The number of phenols is 1.